The van der Waals surface area contributed by atoms with Gasteiger partial charge in [-0.05, 0) is 0 Å². The van der Waals surface area contributed by atoms with Gasteiger partial charge in [-0.25, -0.2) is 0 Å². The monoisotopic (exact) mass is 644 g/mol. The average Bonchev–Trinajstić information content (AvgIpc) is 2.91. The second kappa shape index (κ2) is 13.7. The van der Waals surface area contributed by atoms with Crippen LogP contribution in [0.15, 0.2) is 101 Å². The molecule has 214 valence electrons. The molecule has 0 bridgehead atoms. The first kappa shape index (κ1) is 32.4. The fourth-order valence-electron chi connectivity index (χ4n) is 7.14. The van der Waals surface area contributed by atoms with Gasteiger partial charge in [-0.1, -0.05) is 0 Å². The van der Waals surface area contributed by atoms with Crippen LogP contribution in [0.4, 0.5) is 0 Å². The van der Waals surface area contributed by atoms with Gasteiger partial charge in [0.15, 0.2) is 0 Å². The molecule has 0 saturated carbocycles. The quantitative estimate of drug-likeness (QED) is 0.126. The van der Waals surface area contributed by atoms with E-state index in [0.29, 0.717) is 0 Å². The standard InChI is InChI=1S/3C10H13.C8H13O.Sn/c3*1-10(2,3)9-7-5-4-6-8-9;1-3-4-5-6-7-8(2)9;/h3*4-8H,1H2,2-3H3;7H,3-5H2,1-2H3;. The predicted molar refractivity (Wildman–Crippen MR) is 177 cm³/mol. The molecule has 0 unspecified atom stereocenters. The summed E-state index contributed by atoms with van der Waals surface area (Å²) in [5.74, 6) is 0.208. The molecular formula is C38H52OSn. The second-order valence-corrected chi connectivity index (χ2v) is 26.1. The van der Waals surface area contributed by atoms with Crippen LogP contribution in [0.2, 0.25) is 13.3 Å². The molecule has 40 heavy (non-hydrogen) atoms. The Morgan fingerprint density at radius 3 is 1.23 bits per heavy atom. The molecule has 3 rings (SSSR count). The topological polar surface area (TPSA) is 17.1 Å². The van der Waals surface area contributed by atoms with Crippen molar-refractivity contribution in [2.24, 2.45) is 0 Å². The number of benzene rings is 3. The van der Waals surface area contributed by atoms with E-state index in [1.807, 2.05) is 0 Å². The van der Waals surface area contributed by atoms with E-state index in [4.69, 9.17) is 0 Å². The van der Waals surface area contributed by atoms with Crippen LogP contribution in [0.25, 0.3) is 0 Å². The molecule has 0 radical (unpaired) electrons. The minimum absolute atomic E-state index is 0.0129. The maximum atomic E-state index is 12.9. The molecule has 0 aliphatic rings. The van der Waals surface area contributed by atoms with Crippen molar-refractivity contribution < 1.29 is 4.79 Å². The summed E-state index contributed by atoms with van der Waals surface area (Å²) in [6.07, 6.45) is 5.44. The van der Waals surface area contributed by atoms with Gasteiger partial charge in [0.25, 0.3) is 0 Å². The molecule has 0 spiro atoms. The van der Waals surface area contributed by atoms with E-state index in [0.717, 1.165) is 19.3 Å². The van der Waals surface area contributed by atoms with Crippen molar-refractivity contribution >= 4 is 24.2 Å². The number of rotatable bonds is 14. The van der Waals surface area contributed by atoms with E-state index in [2.05, 4.69) is 146 Å². The Labute approximate surface area is 249 Å². The summed E-state index contributed by atoms with van der Waals surface area (Å²) in [5, 5.41) is 0. The van der Waals surface area contributed by atoms with Crippen molar-refractivity contribution in [3.63, 3.8) is 0 Å². The predicted octanol–water partition coefficient (Wildman–Crippen LogP) is 10.6. The third kappa shape index (κ3) is 8.44. The molecule has 2 heteroatoms. The number of hydrogen-bond donors (Lipinski definition) is 0. The summed E-state index contributed by atoms with van der Waals surface area (Å²) in [5.41, 5.74) is 4.26. The normalized spacial score (nSPS) is 13.3. The first-order valence-electron chi connectivity index (χ1n) is 15.2. The summed E-state index contributed by atoms with van der Waals surface area (Å²) in [6.45, 7) is 18.7. The van der Waals surface area contributed by atoms with Crippen molar-refractivity contribution in [1.29, 1.82) is 0 Å². The van der Waals surface area contributed by atoms with Crippen LogP contribution in [0, 0.1) is 0 Å². The SMILES string of the molecule is CCCC/[C](=C\C(C)=O)[Sn]([CH2]C(C)(C)c1ccccc1)([CH2]C(C)(C)c1ccccc1)[CH2]C(C)(C)c1ccccc1. The Balaban J connectivity index is 2.30. The van der Waals surface area contributed by atoms with Gasteiger partial charge in [0.1, 0.15) is 0 Å². The fourth-order valence-corrected chi connectivity index (χ4v) is 29.9. The molecule has 3 aromatic carbocycles. The van der Waals surface area contributed by atoms with Crippen molar-refractivity contribution in [1.82, 2.24) is 0 Å². The van der Waals surface area contributed by atoms with E-state index < -0.39 is 18.4 Å². The van der Waals surface area contributed by atoms with Crippen molar-refractivity contribution in [2.75, 3.05) is 0 Å². The third-order valence-corrected chi connectivity index (χ3v) is 27.2. The first-order chi connectivity index (χ1) is 18.8. The molecule has 0 saturated heterocycles. The Morgan fingerprint density at radius 2 is 0.950 bits per heavy atom. The summed E-state index contributed by atoms with van der Waals surface area (Å²) in [7, 11) is 0. The fraction of sp³-hybridized carbons (Fsp3) is 0.447. The molecule has 0 N–H and O–H groups in total. The minimum atomic E-state index is -3.44. The van der Waals surface area contributed by atoms with Crippen LogP contribution in [-0.2, 0) is 21.0 Å². The summed E-state index contributed by atoms with van der Waals surface area (Å²) >= 11 is -3.44. The van der Waals surface area contributed by atoms with Crippen molar-refractivity contribution in [2.45, 2.75) is 104 Å². The zero-order chi connectivity index (χ0) is 29.4. The van der Waals surface area contributed by atoms with Gasteiger partial charge >= 0.3 is 251 Å². The van der Waals surface area contributed by atoms with E-state index in [1.54, 1.807) is 10.5 Å². The average molecular weight is 644 g/mol. The van der Waals surface area contributed by atoms with Crippen molar-refractivity contribution in [3.8, 4) is 0 Å². The molecule has 0 fully saturated rings. The van der Waals surface area contributed by atoms with Crippen LogP contribution < -0.4 is 0 Å². The molecule has 0 heterocycles. The second-order valence-electron chi connectivity index (χ2n) is 13.9. The Morgan fingerprint density at radius 1 is 0.625 bits per heavy atom. The van der Waals surface area contributed by atoms with Gasteiger partial charge in [-0.15, -0.1) is 0 Å². The molecule has 0 aliphatic heterocycles. The molecule has 1 nitrogen and oxygen atoms in total. The van der Waals surface area contributed by atoms with Crippen LogP contribution in [0.3, 0.4) is 0 Å². The number of unbranched alkanes of at least 4 members (excludes halogenated alkanes) is 1. The van der Waals surface area contributed by atoms with Crippen LogP contribution in [0.1, 0.15) is 91.3 Å². The molecule has 0 atom stereocenters. The number of allylic oxidation sites excluding steroid dienone is 2. The zero-order valence-corrected chi connectivity index (χ0v) is 29.2. The molecular weight excluding hydrogens is 591 g/mol. The molecule has 3 aromatic rings. The Bertz CT molecular complexity index is 1110. The summed E-state index contributed by atoms with van der Waals surface area (Å²) in [6, 6.07) is 33.3. The Kier molecular flexibility index (Phi) is 11.1. The molecule has 0 aliphatic carbocycles. The first-order valence-corrected chi connectivity index (χ1v) is 22.7. The van der Waals surface area contributed by atoms with Crippen molar-refractivity contribution in [3.05, 3.63) is 117 Å². The number of ketones is 1. The van der Waals surface area contributed by atoms with Crippen LogP contribution in [0.5, 0.6) is 0 Å². The Hall–Kier alpha value is -2.13. The zero-order valence-electron chi connectivity index (χ0n) is 26.4. The molecule has 0 aromatic heterocycles. The maximum absolute atomic E-state index is 12.9. The van der Waals surface area contributed by atoms with Gasteiger partial charge in [-0.3, -0.25) is 0 Å². The number of carbonyl (C=O) groups is 1. The summed E-state index contributed by atoms with van der Waals surface area (Å²) < 4.78 is 5.09. The van der Waals surface area contributed by atoms with Gasteiger partial charge < -0.3 is 0 Å². The summed E-state index contributed by atoms with van der Waals surface area (Å²) in [4.78, 5) is 12.9. The van der Waals surface area contributed by atoms with Crippen LogP contribution >= 0.6 is 0 Å². The van der Waals surface area contributed by atoms with Crippen LogP contribution in [-0.4, -0.2) is 24.2 Å². The van der Waals surface area contributed by atoms with E-state index in [-0.39, 0.29) is 22.0 Å². The van der Waals surface area contributed by atoms with E-state index in [9.17, 15) is 4.79 Å². The van der Waals surface area contributed by atoms with Gasteiger partial charge in [0.2, 0.25) is 0 Å². The molecule has 0 amide bonds. The third-order valence-electron chi connectivity index (χ3n) is 8.87. The van der Waals surface area contributed by atoms with Gasteiger partial charge in [-0.2, -0.15) is 0 Å². The van der Waals surface area contributed by atoms with E-state index >= 15 is 0 Å². The van der Waals surface area contributed by atoms with E-state index in [1.165, 1.54) is 30.0 Å². The number of hydrogen-bond acceptors (Lipinski definition) is 1. The van der Waals surface area contributed by atoms with Gasteiger partial charge in [0, 0.05) is 0 Å². The number of carbonyl (C=O) groups excluding carboxylic acids is 1. The van der Waals surface area contributed by atoms with Gasteiger partial charge in [0.05, 0.1) is 0 Å².